The Labute approximate surface area is 141 Å². The fraction of sp³-hybridized carbons (Fsp3) is 0.706. The minimum atomic E-state index is -0.281. The molecule has 7 nitrogen and oxygen atoms in total. The molecule has 2 aromatic heterocycles. The number of piperidine rings is 1. The number of likely N-dealkylation sites (tertiary alicyclic amines) is 1. The highest BCUT2D eigenvalue weighted by atomic mass is 16.2. The van der Waals surface area contributed by atoms with E-state index < -0.39 is 0 Å². The number of rotatable bonds is 5. The van der Waals surface area contributed by atoms with Gasteiger partial charge >= 0.3 is 5.69 Å². The fourth-order valence-electron chi connectivity index (χ4n) is 3.73. The van der Waals surface area contributed by atoms with Crippen LogP contribution in [0.15, 0.2) is 15.9 Å². The number of nitrogens with zero attached hydrogens (tertiary/aromatic N) is 5. The molecule has 1 fully saturated rings. The summed E-state index contributed by atoms with van der Waals surface area (Å²) >= 11 is 0. The lowest BCUT2D eigenvalue weighted by molar-refractivity contribution is 0.167. The monoisotopic (exact) mass is 333 g/mol. The lowest BCUT2D eigenvalue weighted by Gasteiger charge is -2.32. The van der Waals surface area contributed by atoms with Gasteiger partial charge in [-0.25, -0.2) is 9.78 Å². The second-order valence-electron chi connectivity index (χ2n) is 6.90. The molecule has 1 atom stereocenters. The Morgan fingerprint density at radius 1 is 1.25 bits per heavy atom. The molecule has 0 spiro atoms. The summed E-state index contributed by atoms with van der Waals surface area (Å²) in [5, 5.41) is 0. The molecule has 132 valence electrons. The first-order valence-electron chi connectivity index (χ1n) is 8.86. The molecule has 2 aromatic rings. The molecule has 0 aromatic carbocycles. The zero-order valence-electron chi connectivity index (χ0n) is 14.9. The van der Waals surface area contributed by atoms with Crippen molar-refractivity contribution in [1.82, 2.24) is 23.6 Å². The van der Waals surface area contributed by atoms with Crippen molar-refractivity contribution < 1.29 is 0 Å². The Morgan fingerprint density at radius 2 is 2.04 bits per heavy atom. The van der Waals surface area contributed by atoms with Crippen LogP contribution in [0.25, 0.3) is 11.2 Å². The Hall–Kier alpha value is -1.89. The fourth-order valence-corrected chi connectivity index (χ4v) is 3.73. The van der Waals surface area contributed by atoms with Crippen molar-refractivity contribution in [3.05, 3.63) is 27.2 Å². The summed E-state index contributed by atoms with van der Waals surface area (Å²) in [7, 11) is 3.45. The molecule has 0 amide bonds. The molecular formula is C17H27N5O2. The van der Waals surface area contributed by atoms with Crippen LogP contribution in [-0.2, 0) is 20.6 Å². The van der Waals surface area contributed by atoms with Crippen LogP contribution >= 0.6 is 0 Å². The molecule has 24 heavy (non-hydrogen) atoms. The summed E-state index contributed by atoms with van der Waals surface area (Å²) in [5.74, 6) is 0.792. The van der Waals surface area contributed by atoms with E-state index in [-0.39, 0.29) is 11.2 Å². The van der Waals surface area contributed by atoms with E-state index in [1.807, 2.05) is 0 Å². The molecule has 1 saturated heterocycles. The SMILES string of the molecule is CC[C@@H]1CCCN(CCCn2c(=O)c3c(ncn3C)n(C)c2=O)C1. The third-order valence-corrected chi connectivity index (χ3v) is 5.24. The average Bonchev–Trinajstić information content (AvgIpc) is 2.98. The molecule has 0 aliphatic carbocycles. The standard InChI is InChI=1S/C17H27N5O2/c1-4-13-7-5-8-21(11-13)9-6-10-22-16(23)14-15(18-12-19(14)2)20(3)17(22)24/h12-13H,4-11H2,1-3H3/t13-/m1/s1. The van der Waals surface area contributed by atoms with Crippen LogP contribution in [0.4, 0.5) is 0 Å². The summed E-state index contributed by atoms with van der Waals surface area (Å²) in [5.41, 5.74) is 0.418. The summed E-state index contributed by atoms with van der Waals surface area (Å²) in [6.45, 7) is 5.92. The van der Waals surface area contributed by atoms with Gasteiger partial charge in [0.15, 0.2) is 11.2 Å². The maximum atomic E-state index is 12.6. The third-order valence-electron chi connectivity index (χ3n) is 5.24. The minimum Gasteiger partial charge on any atom is -0.328 e. The van der Waals surface area contributed by atoms with Crippen molar-refractivity contribution in [2.24, 2.45) is 20.0 Å². The lowest BCUT2D eigenvalue weighted by Crippen LogP contribution is -2.41. The first-order chi connectivity index (χ1) is 11.5. The summed E-state index contributed by atoms with van der Waals surface area (Å²) in [6, 6.07) is 0. The van der Waals surface area contributed by atoms with Crippen LogP contribution in [0, 0.1) is 5.92 Å². The second kappa shape index (κ2) is 6.93. The molecule has 3 rings (SSSR count). The summed E-state index contributed by atoms with van der Waals surface area (Å²) in [6.07, 6.45) is 6.20. The van der Waals surface area contributed by atoms with Gasteiger partial charge in [-0.3, -0.25) is 13.9 Å². The van der Waals surface area contributed by atoms with Gasteiger partial charge in [0.2, 0.25) is 0 Å². The first kappa shape index (κ1) is 17.0. The van der Waals surface area contributed by atoms with Gasteiger partial charge in [0.05, 0.1) is 6.33 Å². The Bertz CT molecular complexity index is 832. The van der Waals surface area contributed by atoms with E-state index >= 15 is 0 Å². The maximum absolute atomic E-state index is 12.6. The Kier molecular flexibility index (Phi) is 4.89. The molecule has 1 aliphatic heterocycles. The number of aromatic nitrogens is 4. The normalized spacial score (nSPS) is 19.2. The highest BCUT2D eigenvalue weighted by Crippen LogP contribution is 2.19. The molecule has 7 heteroatoms. The van der Waals surface area contributed by atoms with Crippen LogP contribution < -0.4 is 11.2 Å². The van der Waals surface area contributed by atoms with Crippen LogP contribution in [0.5, 0.6) is 0 Å². The zero-order chi connectivity index (χ0) is 17.3. The average molecular weight is 333 g/mol. The van der Waals surface area contributed by atoms with Gasteiger partial charge in [0.25, 0.3) is 5.56 Å². The van der Waals surface area contributed by atoms with E-state index in [2.05, 4.69) is 16.8 Å². The van der Waals surface area contributed by atoms with E-state index in [1.54, 1.807) is 25.0 Å². The van der Waals surface area contributed by atoms with Crippen LogP contribution in [0.3, 0.4) is 0 Å². The topological polar surface area (TPSA) is 65.1 Å². The van der Waals surface area contributed by atoms with Gasteiger partial charge in [-0.05, 0) is 38.3 Å². The van der Waals surface area contributed by atoms with E-state index in [4.69, 9.17) is 0 Å². The zero-order valence-corrected chi connectivity index (χ0v) is 14.9. The third kappa shape index (κ3) is 3.05. The van der Waals surface area contributed by atoms with Gasteiger partial charge in [-0.1, -0.05) is 13.3 Å². The molecule has 0 unspecified atom stereocenters. The smallest absolute Gasteiger partial charge is 0.328 e. The van der Waals surface area contributed by atoms with Crippen molar-refractivity contribution in [2.45, 2.75) is 39.2 Å². The molecule has 0 N–H and O–H groups in total. The second-order valence-corrected chi connectivity index (χ2v) is 6.90. The predicted octanol–water partition coefficient (Wildman–Crippen LogP) is 0.946. The number of aryl methyl sites for hydroxylation is 2. The van der Waals surface area contributed by atoms with Crippen molar-refractivity contribution in [1.29, 1.82) is 0 Å². The van der Waals surface area contributed by atoms with Crippen LogP contribution in [-0.4, -0.2) is 43.2 Å². The van der Waals surface area contributed by atoms with E-state index in [0.29, 0.717) is 17.7 Å². The molecule has 0 radical (unpaired) electrons. The highest BCUT2D eigenvalue weighted by molar-refractivity contribution is 5.69. The Balaban J connectivity index is 1.75. The van der Waals surface area contributed by atoms with Crippen molar-refractivity contribution >= 4 is 11.2 Å². The Morgan fingerprint density at radius 3 is 2.79 bits per heavy atom. The molecule has 1 aliphatic rings. The van der Waals surface area contributed by atoms with Crippen molar-refractivity contribution in [3.63, 3.8) is 0 Å². The highest BCUT2D eigenvalue weighted by Gasteiger charge is 2.19. The van der Waals surface area contributed by atoms with Gasteiger partial charge in [0, 0.05) is 27.2 Å². The summed E-state index contributed by atoms with van der Waals surface area (Å²) in [4.78, 5) is 31.7. The van der Waals surface area contributed by atoms with Gasteiger partial charge in [-0.15, -0.1) is 0 Å². The number of fused-ring (bicyclic) bond motifs is 1. The molecule has 3 heterocycles. The number of hydrogen-bond acceptors (Lipinski definition) is 4. The largest absolute Gasteiger partial charge is 0.332 e. The molecule has 0 bridgehead atoms. The van der Waals surface area contributed by atoms with Crippen LogP contribution in [0.1, 0.15) is 32.6 Å². The number of hydrogen-bond donors (Lipinski definition) is 0. The van der Waals surface area contributed by atoms with Gasteiger partial charge in [-0.2, -0.15) is 0 Å². The number of imidazole rings is 1. The summed E-state index contributed by atoms with van der Waals surface area (Å²) < 4.78 is 4.50. The predicted molar refractivity (Wildman–Crippen MR) is 94.3 cm³/mol. The molecule has 0 saturated carbocycles. The van der Waals surface area contributed by atoms with E-state index in [9.17, 15) is 9.59 Å². The maximum Gasteiger partial charge on any atom is 0.332 e. The quantitative estimate of drug-likeness (QED) is 0.817. The van der Waals surface area contributed by atoms with Crippen molar-refractivity contribution in [2.75, 3.05) is 19.6 Å². The van der Waals surface area contributed by atoms with E-state index in [1.165, 1.54) is 28.4 Å². The minimum absolute atomic E-state index is 0.238. The first-order valence-corrected chi connectivity index (χ1v) is 8.86. The van der Waals surface area contributed by atoms with Gasteiger partial charge in [0.1, 0.15) is 0 Å². The molecular weight excluding hydrogens is 306 g/mol. The van der Waals surface area contributed by atoms with Gasteiger partial charge < -0.3 is 9.47 Å². The van der Waals surface area contributed by atoms with Crippen molar-refractivity contribution in [3.8, 4) is 0 Å². The van der Waals surface area contributed by atoms with Crippen LogP contribution in [0.2, 0.25) is 0 Å². The lowest BCUT2D eigenvalue weighted by atomic mass is 9.95. The van der Waals surface area contributed by atoms with E-state index in [0.717, 1.165) is 32.0 Å².